The number of carbonyl (C=O) groups is 1. The van der Waals surface area contributed by atoms with Gasteiger partial charge in [0.2, 0.25) is 5.91 Å². The molecule has 1 amide bonds. The van der Waals surface area contributed by atoms with Crippen LogP contribution in [0.1, 0.15) is 32.3 Å². The molecule has 0 spiro atoms. The van der Waals surface area contributed by atoms with Crippen molar-refractivity contribution in [1.29, 1.82) is 0 Å². The van der Waals surface area contributed by atoms with Gasteiger partial charge >= 0.3 is 0 Å². The highest BCUT2D eigenvalue weighted by molar-refractivity contribution is 5.81. The normalized spacial score (nSPS) is 21.4. The first-order valence-electron chi connectivity index (χ1n) is 7.32. The van der Waals surface area contributed by atoms with Crippen molar-refractivity contribution in [2.45, 2.75) is 39.3 Å². The molecule has 0 radical (unpaired) electrons. The lowest BCUT2D eigenvalue weighted by Crippen LogP contribution is -2.48. The van der Waals surface area contributed by atoms with E-state index < -0.39 is 0 Å². The first-order valence-corrected chi connectivity index (χ1v) is 7.32. The predicted molar refractivity (Wildman–Crippen MR) is 77.7 cm³/mol. The molecule has 1 heterocycles. The van der Waals surface area contributed by atoms with Gasteiger partial charge in [-0.1, -0.05) is 19.1 Å². The minimum Gasteiger partial charge on any atom is -0.351 e. The fraction of sp³-hybridized carbons (Fsp3) is 0.562. The van der Waals surface area contributed by atoms with Crippen molar-refractivity contribution >= 4 is 5.91 Å². The third kappa shape index (κ3) is 4.04. The molecule has 0 saturated carbocycles. The number of benzene rings is 1. The lowest BCUT2D eigenvalue weighted by molar-refractivity contribution is -0.126. The van der Waals surface area contributed by atoms with Crippen LogP contribution < -0.4 is 5.32 Å². The first-order chi connectivity index (χ1) is 9.56. The molecule has 1 aromatic rings. The fourth-order valence-corrected chi connectivity index (χ4v) is 2.68. The van der Waals surface area contributed by atoms with E-state index in [2.05, 4.69) is 17.1 Å². The standard InChI is InChI=1S/C16H23FN2O/c1-12-4-3-9-19(11-12)13(2)16(20)18-10-14-5-7-15(17)8-6-14/h5-8,12-13H,3-4,9-11H2,1-2H3,(H,18,20). The summed E-state index contributed by atoms with van der Waals surface area (Å²) in [5.74, 6) is 0.454. The summed E-state index contributed by atoms with van der Waals surface area (Å²) in [7, 11) is 0. The van der Waals surface area contributed by atoms with Crippen LogP contribution in [0.4, 0.5) is 4.39 Å². The van der Waals surface area contributed by atoms with E-state index in [-0.39, 0.29) is 17.8 Å². The molecule has 2 unspecified atom stereocenters. The molecule has 0 aliphatic carbocycles. The van der Waals surface area contributed by atoms with Gasteiger partial charge < -0.3 is 5.32 Å². The van der Waals surface area contributed by atoms with Crippen molar-refractivity contribution in [1.82, 2.24) is 10.2 Å². The van der Waals surface area contributed by atoms with Crippen LogP contribution in [0.25, 0.3) is 0 Å². The van der Waals surface area contributed by atoms with Gasteiger partial charge in [-0.05, 0) is 49.9 Å². The van der Waals surface area contributed by atoms with Crippen LogP contribution in [0.5, 0.6) is 0 Å². The number of carbonyl (C=O) groups excluding carboxylic acids is 1. The number of likely N-dealkylation sites (tertiary alicyclic amines) is 1. The average molecular weight is 278 g/mol. The largest absolute Gasteiger partial charge is 0.351 e. The van der Waals surface area contributed by atoms with Gasteiger partial charge in [-0.2, -0.15) is 0 Å². The highest BCUT2D eigenvalue weighted by atomic mass is 19.1. The zero-order chi connectivity index (χ0) is 14.5. The van der Waals surface area contributed by atoms with Gasteiger partial charge in [-0.15, -0.1) is 0 Å². The molecular weight excluding hydrogens is 255 g/mol. The van der Waals surface area contributed by atoms with E-state index in [0.717, 1.165) is 25.1 Å². The van der Waals surface area contributed by atoms with Gasteiger partial charge in [0.1, 0.15) is 5.82 Å². The summed E-state index contributed by atoms with van der Waals surface area (Å²) in [6.45, 7) is 6.63. The molecule has 1 aliphatic rings. The number of hydrogen-bond acceptors (Lipinski definition) is 2. The SMILES string of the molecule is CC1CCCN(C(C)C(=O)NCc2ccc(F)cc2)C1. The minimum absolute atomic E-state index is 0.0448. The van der Waals surface area contributed by atoms with Crippen LogP contribution in [-0.2, 0) is 11.3 Å². The van der Waals surface area contributed by atoms with Crippen molar-refractivity contribution in [3.63, 3.8) is 0 Å². The molecule has 1 N–H and O–H groups in total. The van der Waals surface area contributed by atoms with Gasteiger partial charge in [-0.3, -0.25) is 9.69 Å². The molecule has 1 saturated heterocycles. The molecule has 0 bridgehead atoms. The third-order valence-electron chi connectivity index (χ3n) is 4.00. The summed E-state index contributed by atoms with van der Waals surface area (Å²) < 4.78 is 12.8. The molecule has 3 nitrogen and oxygen atoms in total. The molecule has 2 atom stereocenters. The van der Waals surface area contributed by atoms with Crippen molar-refractivity contribution in [2.24, 2.45) is 5.92 Å². The van der Waals surface area contributed by atoms with E-state index in [1.807, 2.05) is 6.92 Å². The van der Waals surface area contributed by atoms with Crippen LogP contribution in [-0.4, -0.2) is 29.9 Å². The quantitative estimate of drug-likeness (QED) is 0.918. The van der Waals surface area contributed by atoms with Gasteiger partial charge in [0, 0.05) is 13.1 Å². The Hall–Kier alpha value is -1.42. The van der Waals surface area contributed by atoms with E-state index in [1.54, 1.807) is 12.1 Å². The Kier molecular flexibility index (Phi) is 5.12. The van der Waals surface area contributed by atoms with E-state index in [1.165, 1.54) is 18.6 Å². The smallest absolute Gasteiger partial charge is 0.237 e. The number of hydrogen-bond donors (Lipinski definition) is 1. The summed E-state index contributed by atoms with van der Waals surface area (Å²) in [5.41, 5.74) is 0.916. The second-order valence-corrected chi connectivity index (χ2v) is 5.76. The van der Waals surface area contributed by atoms with Crippen molar-refractivity contribution in [3.05, 3.63) is 35.6 Å². The lowest BCUT2D eigenvalue weighted by Gasteiger charge is -2.34. The second kappa shape index (κ2) is 6.84. The number of nitrogens with one attached hydrogen (secondary N) is 1. The molecule has 1 fully saturated rings. The lowest BCUT2D eigenvalue weighted by atomic mass is 9.99. The Morgan fingerprint density at radius 3 is 2.80 bits per heavy atom. The Morgan fingerprint density at radius 2 is 2.15 bits per heavy atom. The number of halogens is 1. The zero-order valence-corrected chi connectivity index (χ0v) is 12.2. The molecule has 0 aromatic heterocycles. The van der Waals surface area contributed by atoms with Gasteiger partial charge in [0.25, 0.3) is 0 Å². The van der Waals surface area contributed by atoms with Gasteiger partial charge in [0.05, 0.1) is 6.04 Å². The Morgan fingerprint density at radius 1 is 1.45 bits per heavy atom. The maximum absolute atomic E-state index is 12.8. The number of nitrogens with zero attached hydrogens (tertiary/aromatic N) is 1. The molecule has 110 valence electrons. The minimum atomic E-state index is -0.254. The fourth-order valence-electron chi connectivity index (χ4n) is 2.68. The zero-order valence-electron chi connectivity index (χ0n) is 12.2. The van der Waals surface area contributed by atoms with Crippen LogP contribution in [0.3, 0.4) is 0 Å². The Bertz CT molecular complexity index is 446. The van der Waals surface area contributed by atoms with Crippen LogP contribution in [0.2, 0.25) is 0 Å². The number of piperidine rings is 1. The molecular formula is C16H23FN2O. The van der Waals surface area contributed by atoms with Crippen molar-refractivity contribution in [2.75, 3.05) is 13.1 Å². The number of amides is 1. The Labute approximate surface area is 120 Å². The summed E-state index contributed by atoms with van der Waals surface area (Å²) in [6, 6.07) is 6.12. The summed E-state index contributed by atoms with van der Waals surface area (Å²) in [4.78, 5) is 14.4. The summed E-state index contributed by atoms with van der Waals surface area (Å²) in [5, 5.41) is 2.93. The first kappa shape index (κ1) is 15.0. The summed E-state index contributed by atoms with van der Waals surface area (Å²) in [6.07, 6.45) is 2.41. The number of rotatable bonds is 4. The van der Waals surface area contributed by atoms with Crippen molar-refractivity contribution in [3.8, 4) is 0 Å². The summed E-state index contributed by atoms with van der Waals surface area (Å²) >= 11 is 0. The molecule has 2 rings (SSSR count). The van der Waals surface area contributed by atoms with Crippen LogP contribution in [0.15, 0.2) is 24.3 Å². The predicted octanol–water partition coefficient (Wildman–Crippen LogP) is 2.56. The maximum atomic E-state index is 12.8. The van der Waals surface area contributed by atoms with Crippen molar-refractivity contribution < 1.29 is 9.18 Å². The average Bonchev–Trinajstić information content (AvgIpc) is 2.45. The molecule has 20 heavy (non-hydrogen) atoms. The maximum Gasteiger partial charge on any atom is 0.237 e. The van der Waals surface area contributed by atoms with Gasteiger partial charge in [0.15, 0.2) is 0 Å². The second-order valence-electron chi connectivity index (χ2n) is 5.76. The van der Waals surface area contributed by atoms with E-state index in [9.17, 15) is 9.18 Å². The molecule has 1 aliphatic heterocycles. The highest BCUT2D eigenvalue weighted by Gasteiger charge is 2.25. The van der Waals surface area contributed by atoms with Gasteiger partial charge in [-0.25, -0.2) is 4.39 Å². The van der Waals surface area contributed by atoms with E-state index in [4.69, 9.17) is 0 Å². The molecule has 4 heteroatoms. The Balaban J connectivity index is 1.83. The monoisotopic (exact) mass is 278 g/mol. The van der Waals surface area contributed by atoms with Crippen LogP contribution >= 0.6 is 0 Å². The highest BCUT2D eigenvalue weighted by Crippen LogP contribution is 2.17. The topological polar surface area (TPSA) is 32.3 Å². The van der Waals surface area contributed by atoms with Crippen LogP contribution in [0, 0.1) is 11.7 Å². The van der Waals surface area contributed by atoms with E-state index >= 15 is 0 Å². The van der Waals surface area contributed by atoms with E-state index in [0.29, 0.717) is 12.5 Å². The molecule has 1 aromatic carbocycles. The third-order valence-corrected chi connectivity index (χ3v) is 4.00.